The molecule has 3 aliphatic rings. The molecule has 194 valence electrons. The van der Waals surface area contributed by atoms with Crippen molar-refractivity contribution in [3.8, 4) is 11.4 Å². The molecule has 6 rings (SSSR count). The molecular formula is C24H27N7O4S2. The van der Waals surface area contributed by atoms with Crippen molar-refractivity contribution < 1.29 is 17.9 Å². The monoisotopic (exact) mass is 541 g/mol. The van der Waals surface area contributed by atoms with Gasteiger partial charge in [0.05, 0.1) is 30.2 Å². The van der Waals surface area contributed by atoms with E-state index in [1.54, 1.807) is 12.1 Å². The first-order chi connectivity index (χ1) is 17.9. The van der Waals surface area contributed by atoms with Crippen molar-refractivity contribution in [1.82, 2.24) is 19.3 Å². The van der Waals surface area contributed by atoms with Gasteiger partial charge in [-0.15, -0.1) is 0 Å². The van der Waals surface area contributed by atoms with Gasteiger partial charge in [-0.2, -0.15) is 4.37 Å². The van der Waals surface area contributed by atoms with E-state index in [0.717, 1.165) is 29.9 Å². The summed E-state index contributed by atoms with van der Waals surface area (Å²) in [5.74, 6) is 1.18. The van der Waals surface area contributed by atoms with Gasteiger partial charge < -0.3 is 15.0 Å². The van der Waals surface area contributed by atoms with Crippen LogP contribution >= 0.6 is 11.5 Å². The molecular weight excluding hydrogens is 514 g/mol. The van der Waals surface area contributed by atoms with E-state index < -0.39 is 20.6 Å². The second kappa shape index (κ2) is 9.30. The molecule has 0 bridgehead atoms. The summed E-state index contributed by atoms with van der Waals surface area (Å²) in [7, 11) is -3.31. The minimum Gasteiger partial charge on any atom is -0.377 e. The van der Waals surface area contributed by atoms with Gasteiger partial charge in [0.2, 0.25) is 5.13 Å². The number of carbonyl (C=O) groups is 1. The van der Waals surface area contributed by atoms with Gasteiger partial charge in [-0.3, -0.25) is 5.32 Å². The molecule has 3 fully saturated rings. The van der Waals surface area contributed by atoms with Gasteiger partial charge in [-0.25, -0.2) is 28.2 Å². The Balaban J connectivity index is 1.31. The van der Waals surface area contributed by atoms with Gasteiger partial charge in [0.15, 0.2) is 15.7 Å². The Morgan fingerprint density at radius 2 is 1.95 bits per heavy atom. The third kappa shape index (κ3) is 4.66. The van der Waals surface area contributed by atoms with Gasteiger partial charge in [0.1, 0.15) is 16.9 Å². The molecule has 2 saturated carbocycles. The van der Waals surface area contributed by atoms with E-state index in [1.165, 1.54) is 6.33 Å². The molecule has 1 aromatic carbocycles. The first-order valence-corrected chi connectivity index (χ1v) is 14.6. The zero-order valence-electron chi connectivity index (χ0n) is 20.3. The lowest BCUT2D eigenvalue weighted by Crippen LogP contribution is -2.44. The van der Waals surface area contributed by atoms with Crippen LogP contribution in [0.25, 0.3) is 11.4 Å². The van der Waals surface area contributed by atoms with Crippen molar-refractivity contribution in [2.24, 2.45) is 0 Å². The zero-order chi connectivity index (χ0) is 25.6. The first kappa shape index (κ1) is 24.2. The number of nitrogens with zero attached hydrogens (tertiary/aromatic N) is 5. The minimum atomic E-state index is -3.31. The lowest BCUT2D eigenvalue weighted by atomic mass is 10.1. The highest BCUT2D eigenvalue weighted by Gasteiger charge is 2.61. The Hall–Kier alpha value is -3.16. The summed E-state index contributed by atoms with van der Waals surface area (Å²) in [4.78, 5) is 28.0. The van der Waals surface area contributed by atoms with E-state index in [0.29, 0.717) is 60.8 Å². The third-order valence-corrected chi connectivity index (χ3v) is 10.7. The van der Waals surface area contributed by atoms with Gasteiger partial charge in [-0.1, -0.05) is 0 Å². The Morgan fingerprint density at radius 1 is 1.16 bits per heavy atom. The molecule has 3 heterocycles. The molecule has 2 N–H and O–H groups in total. The summed E-state index contributed by atoms with van der Waals surface area (Å²) >= 11 is 1.09. The highest BCUT2D eigenvalue weighted by molar-refractivity contribution is 7.93. The van der Waals surface area contributed by atoms with Crippen LogP contribution in [0.2, 0.25) is 0 Å². The fourth-order valence-electron chi connectivity index (χ4n) is 4.70. The SMILES string of the molecule is C[C@H]1COCCN1c1cc(C2(S(=O)(=O)C3CC3)CC2)nc(-c2ccc(NC(=O)Nc3ncns3)cc2)n1. The average molecular weight is 542 g/mol. The summed E-state index contributed by atoms with van der Waals surface area (Å²) in [6, 6.07) is 8.71. The summed E-state index contributed by atoms with van der Waals surface area (Å²) in [5, 5.41) is 5.53. The molecule has 1 atom stereocenters. The molecule has 13 heteroatoms. The second-order valence-electron chi connectivity index (χ2n) is 9.69. The van der Waals surface area contributed by atoms with Crippen molar-refractivity contribution in [1.29, 1.82) is 0 Å². The number of aromatic nitrogens is 4. The quantitative estimate of drug-likeness (QED) is 0.460. The lowest BCUT2D eigenvalue weighted by molar-refractivity contribution is 0.0985. The van der Waals surface area contributed by atoms with Crippen LogP contribution in [0, 0.1) is 0 Å². The number of hydrogen-bond donors (Lipinski definition) is 2. The van der Waals surface area contributed by atoms with E-state index in [9.17, 15) is 13.2 Å². The number of ether oxygens (including phenoxy) is 1. The fourth-order valence-corrected chi connectivity index (χ4v) is 7.59. The van der Waals surface area contributed by atoms with Crippen LogP contribution in [0.5, 0.6) is 0 Å². The predicted octanol–water partition coefficient (Wildman–Crippen LogP) is 3.43. The van der Waals surface area contributed by atoms with Crippen LogP contribution in [-0.4, -0.2) is 64.8 Å². The Kier molecular flexibility index (Phi) is 6.08. The molecule has 2 aromatic heterocycles. The van der Waals surface area contributed by atoms with E-state index in [-0.39, 0.29) is 11.3 Å². The highest BCUT2D eigenvalue weighted by atomic mass is 32.2. The summed E-state index contributed by atoms with van der Waals surface area (Å²) in [6.07, 6.45) is 4.02. The van der Waals surface area contributed by atoms with Crippen LogP contribution in [0.1, 0.15) is 38.3 Å². The van der Waals surface area contributed by atoms with Gasteiger partial charge in [-0.05, 0) is 56.9 Å². The maximum atomic E-state index is 13.4. The number of amides is 2. The molecule has 37 heavy (non-hydrogen) atoms. The Morgan fingerprint density at radius 3 is 2.59 bits per heavy atom. The van der Waals surface area contributed by atoms with E-state index in [4.69, 9.17) is 14.7 Å². The molecule has 0 spiro atoms. The second-order valence-corrected chi connectivity index (χ2v) is 13.0. The van der Waals surface area contributed by atoms with Crippen LogP contribution < -0.4 is 15.5 Å². The average Bonchev–Trinajstić information content (AvgIpc) is 3.82. The van der Waals surface area contributed by atoms with Crippen molar-refractivity contribution >= 4 is 44.0 Å². The number of nitrogens with one attached hydrogen (secondary N) is 2. The molecule has 1 saturated heterocycles. The third-order valence-electron chi connectivity index (χ3n) is 7.04. The number of sulfone groups is 1. The number of urea groups is 1. The zero-order valence-corrected chi connectivity index (χ0v) is 21.9. The summed E-state index contributed by atoms with van der Waals surface area (Å²) < 4.78 is 35.3. The summed E-state index contributed by atoms with van der Waals surface area (Å²) in [5.41, 5.74) is 1.90. The highest BCUT2D eigenvalue weighted by Crippen LogP contribution is 2.57. The number of rotatable bonds is 7. The van der Waals surface area contributed by atoms with E-state index in [1.807, 2.05) is 18.2 Å². The predicted molar refractivity (Wildman–Crippen MR) is 140 cm³/mol. The van der Waals surface area contributed by atoms with Crippen LogP contribution in [-0.2, 0) is 19.3 Å². The van der Waals surface area contributed by atoms with Crippen LogP contribution in [0.15, 0.2) is 36.7 Å². The topological polar surface area (TPSA) is 139 Å². The standard InChI is InChI=1S/C24H27N7O4S2/c1-15-13-35-11-10-31(15)20-12-19(24(8-9-24)37(33,34)18-6-7-18)28-21(29-20)16-2-4-17(5-3-16)27-22(32)30-23-25-14-26-36-23/h2-5,12,14-15,18H,6-11,13H2,1H3,(H2,25,26,27,30,32)/t15-/m0/s1. The maximum Gasteiger partial charge on any atom is 0.325 e. The Labute approximate surface area is 218 Å². The molecule has 2 aliphatic carbocycles. The molecule has 2 amide bonds. The van der Waals surface area contributed by atoms with Crippen molar-refractivity contribution in [2.45, 2.75) is 48.6 Å². The molecule has 11 nitrogen and oxygen atoms in total. The number of carbonyl (C=O) groups excluding carboxylic acids is 1. The van der Waals surface area contributed by atoms with Gasteiger partial charge in [0, 0.05) is 35.4 Å². The smallest absolute Gasteiger partial charge is 0.325 e. The molecule has 0 unspecified atom stereocenters. The van der Waals surface area contributed by atoms with E-state index >= 15 is 0 Å². The van der Waals surface area contributed by atoms with Crippen molar-refractivity contribution in [3.63, 3.8) is 0 Å². The van der Waals surface area contributed by atoms with Crippen molar-refractivity contribution in [3.05, 3.63) is 42.4 Å². The van der Waals surface area contributed by atoms with Gasteiger partial charge >= 0.3 is 6.03 Å². The first-order valence-electron chi connectivity index (χ1n) is 12.3. The van der Waals surface area contributed by atoms with Gasteiger partial charge in [0.25, 0.3) is 0 Å². The lowest BCUT2D eigenvalue weighted by Gasteiger charge is -2.34. The van der Waals surface area contributed by atoms with Crippen LogP contribution in [0.4, 0.5) is 21.4 Å². The molecule has 0 radical (unpaired) electrons. The fraction of sp³-hybridized carbons (Fsp3) is 0.458. The largest absolute Gasteiger partial charge is 0.377 e. The Bertz CT molecular complexity index is 1410. The molecule has 3 aromatic rings. The summed E-state index contributed by atoms with van der Waals surface area (Å²) in [6.45, 7) is 3.91. The normalized spacial score (nSPS) is 20.9. The van der Waals surface area contributed by atoms with Crippen LogP contribution in [0.3, 0.4) is 0 Å². The van der Waals surface area contributed by atoms with E-state index in [2.05, 4.69) is 31.8 Å². The number of morpholine rings is 1. The maximum absolute atomic E-state index is 13.4. The number of anilines is 3. The minimum absolute atomic E-state index is 0.109. The van der Waals surface area contributed by atoms with Crippen molar-refractivity contribution in [2.75, 3.05) is 35.3 Å². The number of hydrogen-bond acceptors (Lipinski definition) is 10. The molecule has 1 aliphatic heterocycles. The number of benzene rings is 1.